The van der Waals surface area contributed by atoms with Gasteiger partial charge in [0.25, 0.3) is 0 Å². The van der Waals surface area contributed by atoms with Crippen LogP contribution in [0.15, 0.2) is 67.0 Å². The summed E-state index contributed by atoms with van der Waals surface area (Å²) in [4.78, 5) is 7.36. The molecule has 0 saturated carbocycles. The van der Waals surface area contributed by atoms with Crippen molar-refractivity contribution in [2.24, 2.45) is 17.8 Å². The Morgan fingerprint density at radius 1 is 1.08 bits per heavy atom. The highest BCUT2D eigenvalue weighted by atomic mass is 16.5. The summed E-state index contributed by atoms with van der Waals surface area (Å²) >= 11 is 0. The minimum Gasteiger partial charge on any atom is -0.504 e. The van der Waals surface area contributed by atoms with Crippen LogP contribution in [-0.4, -0.2) is 79.7 Å². The van der Waals surface area contributed by atoms with Gasteiger partial charge in [0.2, 0.25) is 0 Å². The fourth-order valence-corrected chi connectivity index (χ4v) is 7.42. The molecule has 0 bridgehead atoms. The zero-order valence-electron chi connectivity index (χ0n) is 28.9. The highest BCUT2D eigenvalue weighted by Crippen LogP contribution is 2.40. The van der Waals surface area contributed by atoms with Crippen molar-refractivity contribution in [1.82, 2.24) is 9.97 Å². The molecule has 0 spiro atoms. The van der Waals surface area contributed by atoms with Gasteiger partial charge in [-0.15, -0.1) is 0 Å². The van der Waals surface area contributed by atoms with Crippen molar-refractivity contribution in [3.63, 3.8) is 0 Å². The van der Waals surface area contributed by atoms with Crippen LogP contribution >= 0.6 is 0 Å². The molecule has 3 aromatic rings. The summed E-state index contributed by atoms with van der Waals surface area (Å²) in [6.45, 7) is 1.75. The third-order valence-electron chi connectivity index (χ3n) is 10.2. The molecule has 1 aromatic carbocycles. The number of rotatable bonds is 14. The van der Waals surface area contributed by atoms with Crippen molar-refractivity contribution in [2.75, 3.05) is 25.6 Å². The molecule has 0 aliphatic heterocycles. The Balaban J connectivity index is 1.42. The van der Waals surface area contributed by atoms with E-state index >= 15 is 0 Å². The van der Waals surface area contributed by atoms with Gasteiger partial charge in [-0.3, -0.25) is 0 Å². The van der Waals surface area contributed by atoms with Crippen LogP contribution in [0, 0.1) is 29.6 Å². The van der Waals surface area contributed by atoms with Crippen molar-refractivity contribution < 1.29 is 35.0 Å². The van der Waals surface area contributed by atoms with Crippen molar-refractivity contribution in [3.05, 3.63) is 83.8 Å². The lowest BCUT2D eigenvalue weighted by atomic mass is 9.79. The molecule has 0 radical (unpaired) electrons. The van der Waals surface area contributed by atoms with Gasteiger partial charge in [0, 0.05) is 41.8 Å². The third-order valence-corrected chi connectivity index (χ3v) is 10.2. The molecule has 5 rings (SSSR count). The lowest BCUT2D eigenvalue weighted by Crippen LogP contribution is -2.39. The molecular formula is C40H53N3O7. The standard InChI is InChI=1S/C40H53N3O7/c1-2-26-6-3-4-8-36(49-19-18-44)40-27(10-9-26)11-12-28(21-34(40)47)29-13-14-33(46)37(22-29)50-38(35(48)25-45)23-31(20-32-7-5-16-42-32)30-15-17-43-39(41)24-30/h5,7,11-17,22,24,26-28,31,34-36,38,40,42,44-48H,2-4,6,8,18-21,23,25H2,1H3,(H2,41,43). The first kappa shape index (κ1) is 37.4. The zero-order chi connectivity index (χ0) is 35.5. The number of aromatic nitrogens is 2. The predicted octanol–water partition coefficient (Wildman–Crippen LogP) is 4.83. The fourth-order valence-electron chi connectivity index (χ4n) is 7.42. The molecule has 10 heteroatoms. The van der Waals surface area contributed by atoms with Crippen molar-refractivity contribution in [1.29, 1.82) is 0 Å². The number of aromatic amines is 1. The van der Waals surface area contributed by atoms with Crippen LogP contribution in [0.4, 0.5) is 5.82 Å². The minimum atomic E-state index is -1.23. The summed E-state index contributed by atoms with van der Waals surface area (Å²) in [7, 11) is 0. The van der Waals surface area contributed by atoms with Crippen LogP contribution in [0.3, 0.4) is 0 Å². The van der Waals surface area contributed by atoms with Crippen LogP contribution in [0.2, 0.25) is 0 Å². The molecule has 2 heterocycles. The predicted molar refractivity (Wildman–Crippen MR) is 192 cm³/mol. The number of nitrogens with one attached hydrogen (secondary N) is 1. The van der Waals surface area contributed by atoms with Crippen molar-refractivity contribution in [2.45, 2.75) is 94.5 Å². The van der Waals surface area contributed by atoms with E-state index in [9.17, 15) is 25.5 Å². The van der Waals surface area contributed by atoms with Gasteiger partial charge >= 0.3 is 0 Å². The number of anilines is 1. The molecule has 10 nitrogen and oxygen atoms in total. The number of ether oxygens (including phenoxy) is 2. The first-order valence-electron chi connectivity index (χ1n) is 18.0. The summed E-state index contributed by atoms with van der Waals surface area (Å²) < 4.78 is 12.5. The van der Waals surface area contributed by atoms with E-state index in [1.165, 1.54) is 0 Å². The number of allylic oxidation sites excluding steroid dienone is 2. The maximum absolute atomic E-state index is 11.8. The lowest BCUT2D eigenvalue weighted by molar-refractivity contribution is -0.0602. The summed E-state index contributed by atoms with van der Waals surface area (Å²) in [5.74, 6) is 6.89. The number of hydrogen-bond acceptors (Lipinski definition) is 9. The fraction of sp³-hybridized carbons (Fsp3) is 0.525. The van der Waals surface area contributed by atoms with Crippen LogP contribution in [0.25, 0.3) is 0 Å². The molecule has 0 saturated heterocycles. The van der Waals surface area contributed by atoms with E-state index in [0.29, 0.717) is 31.0 Å². The van der Waals surface area contributed by atoms with E-state index in [-0.39, 0.29) is 54.5 Å². The van der Waals surface area contributed by atoms with Crippen LogP contribution in [0.1, 0.15) is 80.5 Å². The van der Waals surface area contributed by atoms with E-state index in [4.69, 9.17) is 15.2 Å². The second-order valence-corrected chi connectivity index (χ2v) is 13.7. The Kier molecular flexibility index (Phi) is 13.8. The number of H-pyrrole nitrogens is 1. The van der Waals surface area contributed by atoms with Gasteiger partial charge in [0.05, 0.1) is 32.0 Å². The number of benzene rings is 1. The van der Waals surface area contributed by atoms with Gasteiger partial charge in [-0.25, -0.2) is 4.98 Å². The Hall–Kier alpha value is -3.85. The number of phenolic OH excluding ortho intramolecular Hbond substituents is 1. The second kappa shape index (κ2) is 18.4. The number of nitrogen functional groups attached to an aromatic ring is 1. The number of phenols is 1. The normalized spacial score (nSPS) is 25.7. The third kappa shape index (κ3) is 9.89. The highest BCUT2D eigenvalue weighted by Gasteiger charge is 2.38. The number of pyridine rings is 1. The molecule has 9 atom stereocenters. The molecule has 2 aliphatic carbocycles. The molecular weight excluding hydrogens is 634 g/mol. The van der Waals surface area contributed by atoms with Crippen LogP contribution < -0.4 is 10.5 Å². The van der Waals surface area contributed by atoms with Gasteiger partial charge in [-0.05, 0) is 92.0 Å². The summed E-state index contributed by atoms with van der Waals surface area (Å²) in [5.41, 5.74) is 8.75. The first-order chi connectivity index (χ1) is 24.3. The Bertz CT molecular complexity index is 1570. The second-order valence-electron chi connectivity index (χ2n) is 13.7. The Labute approximate surface area is 295 Å². The van der Waals surface area contributed by atoms with Gasteiger partial charge < -0.3 is 45.7 Å². The molecule has 0 fully saturated rings. The van der Waals surface area contributed by atoms with E-state index in [1.807, 2.05) is 30.5 Å². The molecule has 50 heavy (non-hydrogen) atoms. The van der Waals surface area contributed by atoms with E-state index in [1.54, 1.807) is 24.4 Å². The Morgan fingerprint density at radius 3 is 2.66 bits per heavy atom. The van der Waals surface area contributed by atoms with E-state index in [0.717, 1.165) is 48.9 Å². The van der Waals surface area contributed by atoms with Gasteiger partial charge in [0.1, 0.15) is 18.0 Å². The highest BCUT2D eigenvalue weighted by molar-refractivity contribution is 5.44. The summed E-state index contributed by atoms with van der Waals surface area (Å²) in [5, 5.41) is 53.3. The van der Waals surface area contributed by atoms with E-state index < -0.39 is 24.9 Å². The van der Waals surface area contributed by atoms with Crippen molar-refractivity contribution >= 4 is 5.82 Å². The number of fused-ring (bicyclic) bond motifs is 1. The van der Waals surface area contributed by atoms with Gasteiger partial charge in [0.15, 0.2) is 11.5 Å². The maximum Gasteiger partial charge on any atom is 0.161 e. The largest absolute Gasteiger partial charge is 0.504 e. The number of nitrogens with zero attached hydrogens (tertiary/aromatic N) is 1. The van der Waals surface area contributed by atoms with Crippen molar-refractivity contribution in [3.8, 4) is 23.3 Å². The number of aliphatic hydroxyl groups excluding tert-OH is 4. The topological polar surface area (TPSA) is 174 Å². The summed E-state index contributed by atoms with van der Waals surface area (Å²) in [6.07, 6.45) is 10.7. The van der Waals surface area contributed by atoms with Gasteiger partial charge in [-0.1, -0.05) is 49.8 Å². The first-order valence-corrected chi connectivity index (χ1v) is 18.0. The molecule has 2 aromatic heterocycles. The monoisotopic (exact) mass is 687 g/mol. The molecule has 8 N–H and O–H groups in total. The SMILES string of the molecule is CCC1C#CC2C=CC(c3ccc(O)c(OC(CC(Cc4ccc[nH]4)c4ccnc(N)c4)C(O)CO)c3)CC(O)C2C(OCCO)CCCC1. The number of aromatic hydroxyl groups is 1. The molecule has 9 unspecified atom stereocenters. The number of nitrogens with two attached hydrogens (primary N) is 1. The quantitative estimate of drug-likeness (QED) is 0.0925. The Morgan fingerprint density at radius 2 is 1.92 bits per heavy atom. The average Bonchev–Trinajstić information content (AvgIpc) is 3.58. The zero-order valence-corrected chi connectivity index (χ0v) is 28.9. The molecule has 2 aliphatic rings. The van der Waals surface area contributed by atoms with Crippen LogP contribution in [0.5, 0.6) is 11.5 Å². The summed E-state index contributed by atoms with van der Waals surface area (Å²) in [6, 6.07) is 12.7. The molecule has 0 amide bonds. The average molecular weight is 688 g/mol. The minimum absolute atomic E-state index is 0.0857. The number of hydrogen-bond donors (Lipinski definition) is 7. The number of aliphatic hydroxyl groups is 4. The smallest absolute Gasteiger partial charge is 0.161 e. The van der Waals surface area contributed by atoms with Crippen LogP contribution in [-0.2, 0) is 11.2 Å². The molecule has 270 valence electrons. The van der Waals surface area contributed by atoms with Gasteiger partial charge in [-0.2, -0.15) is 0 Å². The maximum atomic E-state index is 11.8. The van der Waals surface area contributed by atoms with E-state index in [2.05, 4.69) is 40.9 Å². The lowest BCUT2D eigenvalue weighted by Gasteiger charge is -2.34.